The third kappa shape index (κ3) is 4.49. The molecule has 0 aliphatic rings. The molecule has 0 heterocycles. The number of hydrogen-bond acceptors (Lipinski definition) is 3. The van der Waals surface area contributed by atoms with Crippen LogP contribution in [0.15, 0.2) is 72.8 Å². The molecule has 36 heavy (non-hydrogen) atoms. The van der Waals surface area contributed by atoms with Crippen LogP contribution in [0, 0.1) is 20.8 Å². The van der Waals surface area contributed by atoms with E-state index in [1.807, 2.05) is 26.8 Å². The highest BCUT2D eigenvalue weighted by atomic mass is 16.4. The quantitative estimate of drug-likeness (QED) is 0.283. The molecule has 4 rings (SSSR count). The average Bonchev–Trinajstić information content (AvgIpc) is 2.85. The molecule has 0 radical (unpaired) electrons. The fourth-order valence-corrected chi connectivity index (χ4v) is 4.59. The molecule has 3 N–H and O–H groups in total. The Morgan fingerprint density at radius 3 is 1.42 bits per heavy atom. The number of aryl methyl sites for hydroxylation is 1. The largest absolute Gasteiger partial charge is 0.478 e. The number of hydrogen-bond donors (Lipinski definition) is 3. The zero-order valence-electron chi connectivity index (χ0n) is 20.0. The van der Waals surface area contributed by atoms with Gasteiger partial charge in [0, 0.05) is 0 Å². The van der Waals surface area contributed by atoms with Crippen molar-refractivity contribution in [1.29, 1.82) is 0 Å². The summed E-state index contributed by atoms with van der Waals surface area (Å²) in [5.41, 5.74) is 8.61. The van der Waals surface area contributed by atoms with Crippen molar-refractivity contribution in [3.63, 3.8) is 0 Å². The zero-order chi connectivity index (χ0) is 26.1. The van der Waals surface area contributed by atoms with Crippen LogP contribution in [0.3, 0.4) is 0 Å². The van der Waals surface area contributed by atoms with Crippen LogP contribution < -0.4 is 0 Å². The molecule has 180 valence electrons. The van der Waals surface area contributed by atoms with E-state index in [4.69, 9.17) is 0 Å². The van der Waals surface area contributed by atoms with Gasteiger partial charge in [-0.3, -0.25) is 0 Å². The first-order valence-corrected chi connectivity index (χ1v) is 11.2. The van der Waals surface area contributed by atoms with Gasteiger partial charge in [0.2, 0.25) is 0 Å². The predicted molar refractivity (Wildman–Crippen MR) is 138 cm³/mol. The fourth-order valence-electron chi connectivity index (χ4n) is 4.59. The molecule has 0 atom stereocenters. The van der Waals surface area contributed by atoms with Gasteiger partial charge in [0.25, 0.3) is 0 Å². The van der Waals surface area contributed by atoms with Gasteiger partial charge in [0.15, 0.2) is 0 Å². The number of carbonyl (C=O) groups is 3. The molecule has 0 aromatic heterocycles. The van der Waals surface area contributed by atoms with E-state index in [-0.39, 0.29) is 16.7 Å². The van der Waals surface area contributed by atoms with Crippen molar-refractivity contribution in [2.45, 2.75) is 20.8 Å². The molecular weight excluding hydrogens is 456 g/mol. The smallest absolute Gasteiger partial charge is 0.335 e. The predicted octanol–water partition coefficient (Wildman–Crippen LogP) is 6.71. The molecule has 4 aromatic rings. The van der Waals surface area contributed by atoms with E-state index in [9.17, 15) is 29.7 Å². The van der Waals surface area contributed by atoms with Gasteiger partial charge in [-0.15, -0.1) is 0 Å². The average molecular weight is 481 g/mol. The Labute approximate surface area is 208 Å². The molecule has 0 fully saturated rings. The number of carboxylic acids is 3. The highest BCUT2D eigenvalue weighted by Gasteiger charge is 2.19. The van der Waals surface area contributed by atoms with Gasteiger partial charge in [0.1, 0.15) is 0 Å². The van der Waals surface area contributed by atoms with Crippen molar-refractivity contribution in [1.82, 2.24) is 0 Å². The van der Waals surface area contributed by atoms with Crippen LogP contribution in [0.1, 0.15) is 47.8 Å². The van der Waals surface area contributed by atoms with Gasteiger partial charge in [-0.25, -0.2) is 14.4 Å². The number of aromatic carboxylic acids is 3. The Hall–Kier alpha value is -4.71. The summed E-state index contributed by atoms with van der Waals surface area (Å²) in [7, 11) is 0. The number of carboxylic acid groups (broad SMARTS) is 3. The Morgan fingerprint density at radius 1 is 0.500 bits per heavy atom. The first-order valence-electron chi connectivity index (χ1n) is 11.2. The third-order valence-electron chi connectivity index (χ3n) is 6.47. The minimum Gasteiger partial charge on any atom is -0.478 e. The maximum Gasteiger partial charge on any atom is 0.335 e. The maximum atomic E-state index is 11.5. The Bertz CT molecular complexity index is 1510. The van der Waals surface area contributed by atoms with Crippen LogP contribution in [-0.4, -0.2) is 33.2 Å². The first-order chi connectivity index (χ1) is 17.1. The Kier molecular flexibility index (Phi) is 6.45. The standard InChI is InChI=1S/C30H24O6/c1-16-14-23(30(35)36)12-13-24(16)26-15-25(19-4-8-21(9-5-19)28(31)32)17(2)27(18(26)3)20-6-10-22(11-7-20)29(33)34/h4-15H,1-3H3,(H,31,32)(H,33,34)(H,35,36). The second kappa shape index (κ2) is 9.50. The Morgan fingerprint density at radius 2 is 0.944 bits per heavy atom. The van der Waals surface area contributed by atoms with Crippen molar-refractivity contribution in [3.05, 3.63) is 106 Å². The summed E-state index contributed by atoms with van der Waals surface area (Å²) in [6, 6.07) is 20.4. The van der Waals surface area contributed by atoms with Crippen molar-refractivity contribution >= 4 is 17.9 Å². The molecule has 0 amide bonds. The first kappa shape index (κ1) is 24.4. The topological polar surface area (TPSA) is 112 Å². The second-order valence-electron chi connectivity index (χ2n) is 8.70. The van der Waals surface area contributed by atoms with E-state index in [0.717, 1.165) is 50.1 Å². The number of benzene rings is 4. The van der Waals surface area contributed by atoms with Crippen molar-refractivity contribution in [2.75, 3.05) is 0 Å². The lowest BCUT2D eigenvalue weighted by molar-refractivity contribution is 0.0686. The van der Waals surface area contributed by atoms with Crippen LogP contribution >= 0.6 is 0 Å². The van der Waals surface area contributed by atoms with Gasteiger partial charge in [-0.2, -0.15) is 0 Å². The van der Waals surface area contributed by atoms with Crippen LogP contribution in [0.25, 0.3) is 33.4 Å². The number of rotatable bonds is 6. The van der Waals surface area contributed by atoms with E-state index in [0.29, 0.717) is 0 Å². The molecule has 0 saturated carbocycles. The lowest BCUT2D eigenvalue weighted by Gasteiger charge is -2.21. The van der Waals surface area contributed by atoms with E-state index >= 15 is 0 Å². The monoisotopic (exact) mass is 480 g/mol. The molecule has 0 saturated heterocycles. The van der Waals surface area contributed by atoms with Crippen LogP contribution in [-0.2, 0) is 0 Å². The summed E-state index contributed by atoms with van der Waals surface area (Å²) in [4.78, 5) is 34.2. The van der Waals surface area contributed by atoms with Gasteiger partial charge < -0.3 is 15.3 Å². The van der Waals surface area contributed by atoms with Crippen LogP contribution in [0.5, 0.6) is 0 Å². The third-order valence-corrected chi connectivity index (χ3v) is 6.47. The van der Waals surface area contributed by atoms with Gasteiger partial charge in [0.05, 0.1) is 16.7 Å². The van der Waals surface area contributed by atoms with Gasteiger partial charge in [-0.1, -0.05) is 30.3 Å². The normalized spacial score (nSPS) is 10.8. The minimum atomic E-state index is -1.00. The molecule has 0 bridgehead atoms. The van der Waals surface area contributed by atoms with E-state index < -0.39 is 17.9 Å². The summed E-state index contributed by atoms with van der Waals surface area (Å²) in [6.45, 7) is 5.84. The van der Waals surface area contributed by atoms with E-state index in [1.165, 1.54) is 0 Å². The molecule has 0 aliphatic carbocycles. The van der Waals surface area contributed by atoms with E-state index in [2.05, 4.69) is 0 Å². The molecule has 4 aromatic carbocycles. The molecule has 0 aliphatic heterocycles. The molecule has 0 unspecified atom stereocenters. The molecule has 0 spiro atoms. The zero-order valence-corrected chi connectivity index (χ0v) is 20.0. The summed E-state index contributed by atoms with van der Waals surface area (Å²) in [5, 5.41) is 28.0. The fraction of sp³-hybridized carbons (Fsp3) is 0.100. The maximum absolute atomic E-state index is 11.5. The second-order valence-corrected chi connectivity index (χ2v) is 8.70. The highest BCUT2D eigenvalue weighted by Crippen LogP contribution is 2.41. The van der Waals surface area contributed by atoms with Gasteiger partial charge >= 0.3 is 17.9 Å². The summed E-state index contributed by atoms with van der Waals surface area (Å²) >= 11 is 0. The molecule has 6 nitrogen and oxygen atoms in total. The van der Waals surface area contributed by atoms with Crippen molar-refractivity contribution < 1.29 is 29.7 Å². The highest BCUT2D eigenvalue weighted by molar-refractivity contribution is 5.93. The van der Waals surface area contributed by atoms with E-state index in [1.54, 1.807) is 66.7 Å². The lowest BCUT2D eigenvalue weighted by atomic mass is 9.83. The van der Waals surface area contributed by atoms with Crippen LogP contribution in [0.4, 0.5) is 0 Å². The SMILES string of the molecule is Cc1cc(C(=O)O)ccc1-c1cc(-c2ccc(C(=O)O)cc2)c(C)c(-c2ccc(C(=O)O)cc2)c1C. The summed E-state index contributed by atoms with van der Waals surface area (Å²) in [6.07, 6.45) is 0. The van der Waals surface area contributed by atoms with Crippen molar-refractivity contribution in [2.24, 2.45) is 0 Å². The molecule has 6 heteroatoms. The Balaban J connectivity index is 2.00. The summed E-state index contributed by atoms with van der Waals surface area (Å²) in [5.74, 6) is -3.00. The summed E-state index contributed by atoms with van der Waals surface area (Å²) < 4.78 is 0. The lowest BCUT2D eigenvalue weighted by Crippen LogP contribution is -2.01. The van der Waals surface area contributed by atoms with Gasteiger partial charge in [-0.05, 0) is 113 Å². The molecular formula is C30H24O6. The van der Waals surface area contributed by atoms with Crippen molar-refractivity contribution in [3.8, 4) is 33.4 Å². The minimum absolute atomic E-state index is 0.188. The van der Waals surface area contributed by atoms with Crippen LogP contribution in [0.2, 0.25) is 0 Å².